The van der Waals surface area contributed by atoms with Gasteiger partial charge in [0.15, 0.2) is 0 Å². The number of hydrogen-bond acceptors (Lipinski definition) is 5. The molecule has 4 amide bonds. The van der Waals surface area contributed by atoms with E-state index < -0.39 is 46.7 Å². The summed E-state index contributed by atoms with van der Waals surface area (Å²) in [6, 6.07) is 9.89. The molecule has 11 heteroatoms. The molecule has 2 aromatic rings. The Balaban J connectivity index is 1.40. The van der Waals surface area contributed by atoms with Crippen LogP contribution in [0.15, 0.2) is 89.4 Å². The summed E-state index contributed by atoms with van der Waals surface area (Å²) in [4.78, 5) is 62.1. The number of carbonyl (C=O) groups excluding carboxylic acids is 4. The number of carbonyl (C=O) groups is 4. The number of imide groups is 1. The van der Waals surface area contributed by atoms with Crippen LogP contribution < -0.4 is 16.2 Å². The Kier molecular flexibility index (Phi) is 7.70. The molecule has 2 aliphatic heterocycles. The van der Waals surface area contributed by atoms with Crippen molar-refractivity contribution in [2.75, 3.05) is 13.1 Å². The summed E-state index contributed by atoms with van der Waals surface area (Å²) in [6.45, 7) is 7.24. The minimum Gasteiger partial charge on any atom is -0.346 e. The first-order chi connectivity index (χ1) is 18.5. The smallest absolute Gasteiger partial charge is 0.346 e. The van der Waals surface area contributed by atoms with Gasteiger partial charge in [0.25, 0.3) is 17.4 Å². The van der Waals surface area contributed by atoms with Crippen LogP contribution in [-0.2, 0) is 31.6 Å². The topological polar surface area (TPSA) is 118 Å². The number of likely N-dealkylation sites (tertiary alicyclic amines) is 1. The number of nitrogens with one attached hydrogen (secondary N) is 2. The fraction of sp³-hybridized carbons (Fsp3) is 0.250. The van der Waals surface area contributed by atoms with Crippen molar-refractivity contribution in [3.05, 3.63) is 106 Å². The molecule has 4 rings (SSSR count). The summed E-state index contributed by atoms with van der Waals surface area (Å²) in [5.74, 6) is -6.98. The van der Waals surface area contributed by atoms with E-state index in [2.05, 4.69) is 23.8 Å². The van der Waals surface area contributed by atoms with E-state index in [0.717, 1.165) is 28.5 Å². The quantitative estimate of drug-likeness (QED) is 0.394. The zero-order valence-corrected chi connectivity index (χ0v) is 20.9. The SMILES string of the molecule is C=C(/C=C1/CN(C2CCC(=O)NC2=O)C(=O)C1=C)CNC(=O)C(F)(F)c1ccc(=O)n(Cc2ccccc2)c1. The standard InChI is InChI=1S/C28H26F2N4O5/c1-17(12-20-15-34(26(38)18(20)2)22-9-10-23(35)32-25(22)37)13-31-27(39)28(29,30)21-8-11-24(36)33(16-21)14-19-6-4-3-5-7-19/h3-8,11-12,16,22H,1-2,9-10,13-15H2,(H,31,39)(H,32,35,37)/b20-12-. The van der Waals surface area contributed by atoms with Gasteiger partial charge in [-0.05, 0) is 29.2 Å². The third kappa shape index (κ3) is 5.92. The lowest BCUT2D eigenvalue weighted by molar-refractivity contribution is -0.146. The highest BCUT2D eigenvalue weighted by Gasteiger charge is 2.42. The monoisotopic (exact) mass is 536 g/mol. The van der Waals surface area contributed by atoms with Gasteiger partial charge in [0.1, 0.15) is 6.04 Å². The molecule has 2 saturated heterocycles. The molecule has 0 radical (unpaired) electrons. The number of halogens is 2. The summed E-state index contributed by atoms with van der Waals surface area (Å²) >= 11 is 0. The molecule has 0 spiro atoms. The lowest BCUT2D eigenvalue weighted by Crippen LogP contribution is -2.52. The Bertz CT molecular complexity index is 1460. The van der Waals surface area contributed by atoms with E-state index >= 15 is 0 Å². The van der Waals surface area contributed by atoms with Crippen LogP contribution in [0.3, 0.4) is 0 Å². The van der Waals surface area contributed by atoms with Crippen LogP contribution in [0.2, 0.25) is 0 Å². The fourth-order valence-electron chi connectivity index (χ4n) is 4.38. The predicted molar refractivity (Wildman–Crippen MR) is 137 cm³/mol. The number of benzene rings is 1. The van der Waals surface area contributed by atoms with E-state index in [4.69, 9.17) is 0 Å². The Hall–Kier alpha value is -4.67. The summed E-state index contributed by atoms with van der Waals surface area (Å²) in [5, 5.41) is 4.34. The van der Waals surface area contributed by atoms with Crippen molar-refractivity contribution in [2.24, 2.45) is 0 Å². The maximum absolute atomic E-state index is 15.0. The number of alkyl halides is 2. The van der Waals surface area contributed by atoms with E-state index in [1.807, 2.05) is 0 Å². The van der Waals surface area contributed by atoms with Gasteiger partial charge >= 0.3 is 5.92 Å². The van der Waals surface area contributed by atoms with Gasteiger partial charge in [0.2, 0.25) is 11.8 Å². The average molecular weight is 537 g/mol. The first-order valence-corrected chi connectivity index (χ1v) is 12.1. The second-order valence-electron chi connectivity index (χ2n) is 9.33. The van der Waals surface area contributed by atoms with E-state index in [1.54, 1.807) is 30.3 Å². The van der Waals surface area contributed by atoms with Crippen LogP contribution in [0.25, 0.3) is 0 Å². The molecular weight excluding hydrogens is 510 g/mol. The van der Waals surface area contributed by atoms with Gasteiger partial charge in [0.05, 0.1) is 6.54 Å². The van der Waals surface area contributed by atoms with Gasteiger partial charge < -0.3 is 14.8 Å². The van der Waals surface area contributed by atoms with Gasteiger partial charge in [-0.25, -0.2) is 0 Å². The van der Waals surface area contributed by atoms with Gasteiger partial charge in [-0.1, -0.05) is 49.6 Å². The normalized spacial score (nSPS) is 18.9. The van der Waals surface area contributed by atoms with Gasteiger partial charge in [0, 0.05) is 42.9 Å². The maximum atomic E-state index is 15.0. The van der Waals surface area contributed by atoms with Crippen molar-refractivity contribution in [1.82, 2.24) is 20.1 Å². The Morgan fingerprint density at radius 1 is 1.13 bits per heavy atom. The minimum atomic E-state index is -3.94. The minimum absolute atomic E-state index is 0.0238. The zero-order valence-electron chi connectivity index (χ0n) is 20.9. The van der Waals surface area contributed by atoms with E-state index in [-0.39, 0.29) is 43.6 Å². The summed E-state index contributed by atoms with van der Waals surface area (Å²) in [5.41, 5.74) is 0.354. The number of amides is 4. The molecule has 0 aliphatic carbocycles. The highest BCUT2D eigenvalue weighted by Crippen LogP contribution is 2.29. The first-order valence-electron chi connectivity index (χ1n) is 12.1. The fourth-order valence-corrected chi connectivity index (χ4v) is 4.38. The molecule has 202 valence electrons. The number of rotatable bonds is 8. The van der Waals surface area contributed by atoms with E-state index in [0.29, 0.717) is 5.57 Å². The molecular formula is C28H26F2N4O5. The molecule has 9 nitrogen and oxygen atoms in total. The third-order valence-corrected chi connectivity index (χ3v) is 6.51. The Morgan fingerprint density at radius 2 is 1.85 bits per heavy atom. The number of piperidine rings is 1. The number of pyridine rings is 1. The van der Waals surface area contributed by atoms with Crippen molar-refractivity contribution >= 4 is 23.6 Å². The van der Waals surface area contributed by atoms with Crippen LogP contribution in [0, 0.1) is 0 Å². The van der Waals surface area contributed by atoms with Gasteiger partial charge in [-0.2, -0.15) is 8.78 Å². The lowest BCUT2D eigenvalue weighted by atomic mass is 10.0. The first kappa shape index (κ1) is 27.4. The number of aromatic nitrogens is 1. The molecule has 39 heavy (non-hydrogen) atoms. The van der Waals surface area contributed by atoms with Crippen molar-refractivity contribution in [2.45, 2.75) is 31.4 Å². The van der Waals surface area contributed by atoms with Crippen LogP contribution in [0.5, 0.6) is 0 Å². The molecule has 2 N–H and O–H groups in total. The molecule has 2 fully saturated rings. The van der Waals surface area contributed by atoms with Crippen molar-refractivity contribution < 1.29 is 28.0 Å². The predicted octanol–water partition coefficient (Wildman–Crippen LogP) is 1.79. The van der Waals surface area contributed by atoms with Crippen molar-refractivity contribution in [3.63, 3.8) is 0 Å². The summed E-state index contributed by atoms with van der Waals surface area (Å²) in [7, 11) is 0. The van der Waals surface area contributed by atoms with Crippen molar-refractivity contribution in [1.29, 1.82) is 0 Å². The second kappa shape index (κ2) is 11.0. The van der Waals surface area contributed by atoms with Crippen LogP contribution in [0.1, 0.15) is 24.0 Å². The Labute approximate surface area is 222 Å². The van der Waals surface area contributed by atoms with E-state index in [9.17, 15) is 32.8 Å². The highest BCUT2D eigenvalue weighted by atomic mass is 19.3. The van der Waals surface area contributed by atoms with Crippen LogP contribution in [0.4, 0.5) is 8.78 Å². The maximum Gasteiger partial charge on any atom is 0.351 e. The van der Waals surface area contributed by atoms with Crippen LogP contribution >= 0.6 is 0 Å². The lowest BCUT2D eigenvalue weighted by Gasteiger charge is -2.28. The summed E-state index contributed by atoms with van der Waals surface area (Å²) < 4.78 is 31.1. The van der Waals surface area contributed by atoms with Gasteiger partial charge in [-0.15, -0.1) is 0 Å². The summed E-state index contributed by atoms with van der Waals surface area (Å²) in [6.07, 6.45) is 2.69. The average Bonchev–Trinajstić information content (AvgIpc) is 3.17. The van der Waals surface area contributed by atoms with E-state index in [1.165, 1.54) is 11.0 Å². The third-order valence-electron chi connectivity index (χ3n) is 6.51. The van der Waals surface area contributed by atoms with Crippen molar-refractivity contribution in [3.8, 4) is 0 Å². The molecule has 3 heterocycles. The molecule has 1 atom stereocenters. The molecule has 1 unspecified atom stereocenters. The zero-order chi connectivity index (χ0) is 28.3. The largest absolute Gasteiger partial charge is 0.351 e. The second-order valence-corrected chi connectivity index (χ2v) is 9.33. The highest BCUT2D eigenvalue weighted by molar-refractivity contribution is 6.06. The Morgan fingerprint density at radius 3 is 2.54 bits per heavy atom. The van der Waals surface area contributed by atoms with Gasteiger partial charge in [-0.3, -0.25) is 29.3 Å². The molecule has 1 aromatic heterocycles. The number of hydrogen-bond donors (Lipinski definition) is 2. The molecule has 0 saturated carbocycles. The van der Waals surface area contributed by atoms with Crippen LogP contribution in [-0.4, -0.2) is 52.2 Å². The molecule has 0 bridgehead atoms. The molecule has 1 aromatic carbocycles. The molecule has 2 aliphatic rings. The number of nitrogens with zero attached hydrogens (tertiary/aromatic N) is 2.